The monoisotopic (exact) mass is 319 g/mol. The molecule has 1 aromatic heterocycles. The van der Waals surface area contributed by atoms with E-state index in [1.165, 1.54) is 11.3 Å². The number of rotatable bonds is 5. The van der Waals surface area contributed by atoms with Crippen molar-refractivity contribution in [2.75, 3.05) is 11.5 Å². The Kier molecular flexibility index (Phi) is 8.40. The van der Waals surface area contributed by atoms with E-state index in [9.17, 15) is 9.70 Å². The fourth-order valence-corrected chi connectivity index (χ4v) is 2.53. The molecule has 0 unspecified atom stereocenters. The second-order valence-corrected chi connectivity index (χ2v) is 6.76. The molecule has 0 aliphatic carbocycles. The number of carboxylic acids is 1. The third-order valence-corrected chi connectivity index (χ3v) is 3.79. The van der Waals surface area contributed by atoms with Crippen LogP contribution in [0.1, 0.15) is 39.8 Å². The summed E-state index contributed by atoms with van der Waals surface area (Å²) in [5.74, 6) is -1.03. The van der Waals surface area contributed by atoms with E-state index in [-0.39, 0.29) is 11.2 Å². The van der Waals surface area contributed by atoms with Crippen LogP contribution in [-0.2, 0) is 10.2 Å². The molecule has 1 atom stereocenters. The van der Waals surface area contributed by atoms with Gasteiger partial charge in [0.05, 0.1) is 11.6 Å². The number of hydrogen-bond donors (Lipinski definition) is 2. The summed E-state index contributed by atoms with van der Waals surface area (Å²) in [6, 6.07) is 0. The number of nitroso groups, excluding NO2 is 1. The number of carboxylic acid groups (broad SMARTS) is 1. The molecule has 0 aliphatic rings. The van der Waals surface area contributed by atoms with Gasteiger partial charge in [0, 0.05) is 33.1 Å². The van der Waals surface area contributed by atoms with E-state index in [1.807, 2.05) is 5.38 Å². The Morgan fingerprint density at radius 3 is 2.45 bits per heavy atom. The summed E-state index contributed by atoms with van der Waals surface area (Å²) < 4.78 is 2.51. The maximum absolute atomic E-state index is 10.3. The highest BCUT2D eigenvalue weighted by atomic mass is 32.2. The number of nitrogens with two attached hydrogens (primary N) is 1. The lowest BCUT2D eigenvalue weighted by atomic mass is 9.93. The van der Waals surface area contributed by atoms with Gasteiger partial charge in [-0.05, 0) is 6.42 Å². The molecule has 1 rings (SSSR count). The van der Waals surface area contributed by atoms with Crippen LogP contribution in [0.4, 0.5) is 5.13 Å². The lowest BCUT2D eigenvalue weighted by molar-refractivity contribution is -0.140. The van der Waals surface area contributed by atoms with Gasteiger partial charge in [0.25, 0.3) is 0 Å². The van der Waals surface area contributed by atoms with E-state index in [0.29, 0.717) is 11.6 Å². The molecule has 0 saturated carbocycles. The smallest absolute Gasteiger partial charge is 0.307 e. The molecule has 0 bridgehead atoms. The van der Waals surface area contributed by atoms with Crippen LogP contribution >= 0.6 is 23.3 Å². The van der Waals surface area contributed by atoms with Crippen molar-refractivity contribution in [2.45, 2.75) is 39.5 Å². The van der Waals surface area contributed by atoms with E-state index in [2.05, 4.69) is 30.3 Å². The first-order valence-electron chi connectivity index (χ1n) is 6.11. The molecule has 0 aliphatic heterocycles. The average Bonchev–Trinajstić information content (AvgIpc) is 2.77. The summed E-state index contributed by atoms with van der Waals surface area (Å²) in [6.45, 7) is 8.15. The fraction of sp³-hybridized carbons (Fsp3) is 0.667. The number of nitrogen functional groups attached to an aromatic ring is 1. The normalized spacial score (nSPS) is 12.2. The Balaban J connectivity index is 0.000000361. The molecular formula is C12H21N3O3S2. The first-order chi connectivity index (χ1) is 9.22. The molecule has 1 aromatic rings. The van der Waals surface area contributed by atoms with Gasteiger partial charge < -0.3 is 10.8 Å². The summed E-state index contributed by atoms with van der Waals surface area (Å²) in [4.78, 5) is 24.0. The van der Waals surface area contributed by atoms with Gasteiger partial charge >= 0.3 is 5.97 Å². The van der Waals surface area contributed by atoms with Gasteiger partial charge in [-0.1, -0.05) is 27.7 Å². The molecule has 0 radical (unpaired) electrons. The predicted octanol–water partition coefficient (Wildman–Crippen LogP) is 3.53. The molecule has 6 nitrogen and oxygen atoms in total. The van der Waals surface area contributed by atoms with E-state index < -0.39 is 11.9 Å². The van der Waals surface area contributed by atoms with Crippen LogP contribution in [0, 0.1) is 10.8 Å². The molecule has 0 amide bonds. The molecule has 0 saturated heterocycles. The number of carbonyl (C=O) groups is 1. The molecular weight excluding hydrogens is 298 g/mol. The van der Waals surface area contributed by atoms with Crippen LogP contribution in [0.25, 0.3) is 0 Å². The first-order valence-corrected chi connectivity index (χ1v) is 7.93. The van der Waals surface area contributed by atoms with E-state index in [4.69, 9.17) is 10.8 Å². The Morgan fingerprint density at radius 1 is 1.60 bits per heavy atom. The molecule has 20 heavy (non-hydrogen) atoms. The van der Waals surface area contributed by atoms with Crippen molar-refractivity contribution in [1.82, 2.24) is 4.98 Å². The molecule has 1 heterocycles. The third kappa shape index (κ3) is 7.44. The van der Waals surface area contributed by atoms with Gasteiger partial charge in [-0.25, -0.2) is 4.98 Å². The Morgan fingerprint density at radius 2 is 2.20 bits per heavy atom. The maximum Gasteiger partial charge on any atom is 0.307 e. The summed E-state index contributed by atoms with van der Waals surface area (Å²) in [5.41, 5.74) is 6.69. The second kappa shape index (κ2) is 8.91. The van der Waals surface area contributed by atoms with Gasteiger partial charge in [-0.15, -0.1) is 16.2 Å². The lowest BCUT2D eigenvalue weighted by Gasteiger charge is -2.13. The topological polar surface area (TPSA) is 106 Å². The van der Waals surface area contributed by atoms with Crippen LogP contribution < -0.4 is 5.73 Å². The average molecular weight is 319 g/mol. The highest BCUT2D eigenvalue weighted by molar-refractivity contribution is 7.97. The number of aliphatic carboxylic acids is 1. The summed E-state index contributed by atoms with van der Waals surface area (Å²) >= 11 is 2.26. The molecule has 114 valence electrons. The summed E-state index contributed by atoms with van der Waals surface area (Å²) in [6.07, 6.45) is 0.540. The lowest BCUT2D eigenvalue weighted by Crippen LogP contribution is -2.14. The first kappa shape index (κ1) is 18.9. The van der Waals surface area contributed by atoms with Gasteiger partial charge in [0.2, 0.25) is 0 Å². The van der Waals surface area contributed by atoms with Crippen molar-refractivity contribution in [2.24, 2.45) is 10.5 Å². The van der Waals surface area contributed by atoms with Crippen LogP contribution in [0.2, 0.25) is 0 Å². The largest absolute Gasteiger partial charge is 0.481 e. The van der Waals surface area contributed by atoms with Gasteiger partial charge in [0.15, 0.2) is 5.13 Å². The van der Waals surface area contributed by atoms with Crippen molar-refractivity contribution in [3.63, 3.8) is 0 Å². The quantitative estimate of drug-likeness (QED) is 0.635. The van der Waals surface area contributed by atoms with Crippen LogP contribution in [-0.4, -0.2) is 21.8 Å². The standard InChI is InChI=1S/C7H12N2S.C5H9NO3S/c1-7(2,3)5-4-10-6(8)9-5;1-2-4(5(7)8)3-10-6-9/h4H,1-3H3,(H2,8,9);4H,2-3H2,1H3,(H,7,8)/t;4-/m.0/s1. The minimum atomic E-state index is -0.862. The minimum Gasteiger partial charge on any atom is -0.481 e. The van der Waals surface area contributed by atoms with E-state index >= 15 is 0 Å². The van der Waals surface area contributed by atoms with Crippen LogP contribution in [0.3, 0.4) is 0 Å². The number of aromatic nitrogens is 1. The van der Waals surface area contributed by atoms with Gasteiger partial charge in [-0.3, -0.25) is 4.79 Å². The Hall–Kier alpha value is -1.15. The Bertz CT molecular complexity index is 430. The fourth-order valence-electron chi connectivity index (χ4n) is 1.12. The highest BCUT2D eigenvalue weighted by Gasteiger charge is 2.16. The SMILES string of the molecule is CC(C)(C)c1csc(N)n1.CC[C@@H](CSN=O)C(=O)O. The number of hydrogen-bond acceptors (Lipinski definition) is 7. The van der Waals surface area contributed by atoms with Gasteiger partial charge in [-0.2, -0.15) is 0 Å². The van der Waals surface area contributed by atoms with Crippen molar-refractivity contribution >= 4 is 34.4 Å². The van der Waals surface area contributed by atoms with Crippen LogP contribution in [0.15, 0.2) is 9.96 Å². The molecule has 0 fully saturated rings. The van der Waals surface area contributed by atoms with Gasteiger partial charge in [0.1, 0.15) is 0 Å². The molecule has 8 heteroatoms. The maximum atomic E-state index is 10.3. The zero-order valence-electron chi connectivity index (χ0n) is 12.1. The second-order valence-electron chi connectivity index (χ2n) is 5.13. The number of thiazole rings is 1. The number of anilines is 1. The van der Waals surface area contributed by atoms with E-state index in [1.54, 1.807) is 6.92 Å². The Labute approximate surface area is 127 Å². The summed E-state index contributed by atoms with van der Waals surface area (Å²) in [7, 11) is 0. The van der Waals surface area contributed by atoms with Crippen molar-refractivity contribution < 1.29 is 9.90 Å². The molecule has 0 aromatic carbocycles. The zero-order valence-corrected chi connectivity index (χ0v) is 13.8. The zero-order chi connectivity index (χ0) is 15.8. The third-order valence-electron chi connectivity index (χ3n) is 2.46. The predicted molar refractivity (Wildman–Crippen MR) is 84.9 cm³/mol. The molecule has 0 spiro atoms. The number of nitrogens with zero attached hydrogens (tertiary/aromatic N) is 2. The van der Waals surface area contributed by atoms with Crippen molar-refractivity contribution in [3.05, 3.63) is 16.0 Å². The van der Waals surface area contributed by atoms with Crippen molar-refractivity contribution in [1.29, 1.82) is 0 Å². The highest BCUT2D eigenvalue weighted by Crippen LogP contribution is 2.24. The van der Waals surface area contributed by atoms with Crippen molar-refractivity contribution in [3.8, 4) is 0 Å². The van der Waals surface area contributed by atoms with Crippen LogP contribution in [0.5, 0.6) is 0 Å². The molecule has 3 N–H and O–H groups in total. The van der Waals surface area contributed by atoms with E-state index in [0.717, 1.165) is 17.6 Å². The minimum absolute atomic E-state index is 0.133. The summed E-state index contributed by atoms with van der Waals surface area (Å²) in [5, 5.41) is 11.1.